The van der Waals surface area contributed by atoms with Crippen molar-refractivity contribution in [2.45, 2.75) is 12.8 Å². The molecule has 0 saturated heterocycles. The molecule has 1 aromatic rings. The van der Waals surface area contributed by atoms with Crippen LogP contribution in [0.5, 0.6) is 0 Å². The second-order valence-corrected chi connectivity index (χ2v) is 7.99. The monoisotopic (exact) mass is 403 g/mol. The van der Waals surface area contributed by atoms with Gasteiger partial charge in [-0.15, -0.1) is 0 Å². The molecule has 1 aromatic carbocycles. The molecule has 0 N–H and O–H groups in total. The van der Waals surface area contributed by atoms with Crippen molar-refractivity contribution in [2.75, 3.05) is 12.9 Å². The molecule has 0 aromatic heterocycles. The molecule has 9 nitrogen and oxygen atoms in total. The Labute approximate surface area is 153 Å². The molecular formula is C15H14ClNO8S. The fraction of sp³-hybridized carbons (Fsp3) is 0.400. The highest BCUT2D eigenvalue weighted by Crippen LogP contribution is 2.30. The van der Waals surface area contributed by atoms with Gasteiger partial charge >= 0.3 is 0 Å². The summed E-state index contributed by atoms with van der Waals surface area (Å²) >= 11 is 5.69. The molecule has 11 heteroatoms. The average Bonchev–Trinajstić information content (AvgIpc) is 2.51. The van der Waals surface area contributed by atoms with Crippen molar-refractivity contribution >= 4 is 44.8 Å². The molecule has 0 heterocycles. The molecule has 0 aliphatic heterocycles. The van der Waals surface area contributed by atoms with Gasteiger partial charge in [-0.25, -0.2) is 0 Å². The summed E-state index contributed by atoms with van der Waals surface area (Å²) in [6.45, 7) is -0.349. The quantitative estimate of drug-likeness (QED) is 0.229. The van der Waals surface area contributed by atoms with Crippen LogP contribution in [-0.4, -0.2) is 43.6 Å². The van der Waals surface area contributed by atoms with Gasteiger partial charge in [-0.3, -0.25) is 28.7 Å². The highest BCUT2D eigenvalue weighted by molar-refractivity contribution is 7.85. The van der Waals surface area contributed by atoms with Crippen LogP contribution in [0.3, 0.4) is 0 Å². The van der Waals surface area contributed by atoms with Gasteiger partial charge in [0.1, 0.15) is 5.92 Å². The van der Waals surface area contributed by atoms with Crippen molar-refractivity contribution in [3.05, 3.63) is 38.9 Å². The molecule has 1 saturated carbocycles. The maximum atomic E-state index is 12.6. The maximum Gasteiger partial charge on any atom is 0.281 e. The minimum absolute atomic E-state index is 0.0348. The molecule has 1 aliphatic rings. The van der Waals surface area contributed by atoms with Crippen LogP contribution in [0.25, 0.3) is 0 Å². The van der Waals surface area contributed by atoms with Crippen molar-refractivity contribution in [1.29, 1.82) is 0 Å². The van der Waals surface area contributed by atoms with Crippen LogP contribution >= 0.6 is 11.6 Å². The topological polar surface area (TPSA) is 138 Å². The third-order valence-electron chi connectivity index (χ3n) is 3.83. The number of ketones is 3. The number of Topliss-reactive ketones (excluding diaryl/α,β-unsaturated/α-hetero) is 3. The molecule has 0 spiro atoms. The smallest absolute Gasteiger partial charge is 0.281 e. The number of benzene rings is 1. The number of carbonyl (C=O) groups excluding carboxylic acids is 3. The van der Waals surface area contributed by atoms with Crippen LogP contribution in [0.4, 0.5) is 5.69 Å². The SMILES string of the molecule is CS(=O)(=O)OCC1CC(=O)C(C(=O)c2ccc(Cl)cc2[N+](=O)[O-])C(=O)C1. The fourth-order valence-electron chi connectivity index (χ4n) is 2.71. The summed E-state index contributed by atoms with van der Waals surface area (Å²) in [5.74, 6) is -4.74. The largest absolute Gasteiger partial charge is 0.298 e. The first kappa shape index (κ1) is 20.1. The molecule has 1 aliphatic carbocycles. The van der Waals surface area contributed by atoms with E-state index in [-0.39, 0.29) is 30.0 Å². The van der Waals surface area contributed by atoms with Gasteiger partial charge in [0, 0.05) is 23.9 Å². The zero-order valence-corrected chi connectivity index (χ0v) is 15.1. The molecule has 0 amide bonds. The average molecular weight is 404 g/mol. The van der Waals surface area contributed by atoms with E-state index in [1.165, 1.54) is 6.07 Å². The zero-order valence-electron chi connectivity index (χ0n) is 13.5. The lowest BCUT2D eigenvalue weighted by Gasteiger charge is -2.25. The highest BCUT2D eigenvalue weighted by atomic mass is 35.5. The van der Waals surface area contributed by atoms with Gasteiger partial charge in [0.25, 0.3) is 15.8 Å². The predicted octanol–water partition coefficient (Wildman–Crippen LogP) is 1.57. The van der Waals surface area contributed by atoms with Gasteiger partial charge in [-0.2, -0.15) is 8.42 Å². The van der Waals surface area contributed by atoms with E-state index in [0.717, 1.165) is 18.4 Å². The molecule has 26 heavy (non-hydrogen) atoms. The van der Waals surface area contributed by atoms with Crippen LogP contribution in [-0.2, 0) is 23.9 Å². The molecule has 0 atom stereocenters. The summed E-state index contributed by atoms with van der Waals surface area (Å²) in [5.41, 5.74) is -0.970. The number of hydrogen-bond acceptors (Lipinski definition) is 8. The number of rotatable bonds is 6. The number of hydrogen-bond donors (Lipinski definition) is 0. The Morgan fingerprint density at radius 3 is 2.38 bits per heavy atom. The van der Waals surface area contributed by atoms with Gasteiger partial charge in [-0.1, -0.05) is 11.6 Å². The van der Waals surface area contributed by atoms with E-state index in [1.54, 1.807) is 0 Å². The second-order valence-electron chi connectivity index (χ2n) is 5.91. The summed E-state index contributed by atoms with van der Waals surface area (Å²) in [4.78, 5) is 47.4. The summed E-state index contributed by atoms with van der Waals surface area (Å²) in [7, 11) is -3.73. The molecule has 0 bridgehead atoms. The fourth-order valence-corrected chi connectivity index (χ4v) is 3.31. The maximum absolute atomic E-state index is 12.6. The number of nitro groups is 1. The van der Waals surface area contributed by atoms with Crippen molar-refractivity contribution in [3.63, 3.8) is 0 Å². The lowest BCUT2D eigenvalue weighted by atomic mass is 9.77. The van der Waals surface area contributed by atoms with E-state index in [1.807, 2.05) is 0 Å². The van der Waals surface area contributed by atoms with Crippen molar-refractivity contribution in [2.24, 2.45) is 11.8 Å². The summed E-state index contributed by atoms with van der Waals surface area (Å²) in [5, 5.41) is 11.1. The third kappa shape index (κ3) is 4.71. The number of halogens is 1. The van der Waals surface area contributed by atoms with E-state index >= 15 is 0 Å². The van der Waals surface area contributed by atoms with Crippen LogP contribution in [0.2, 0.25) is 5.02 Å². The van der Waals surface area contributed by atoms with E-state index in [9.17, 15) is 32.9 Å². The van der Waals surface area contributed by atoms with Gasteiger partial charge in [-0.05, 0) is 18.1 Å². The second kappa shape index (κ2) is 7.60. The third-order valence-corrected chi connectivity index (χ3v) is 4.62. The van der Waals surface area contributed by atoms with Crippen LogP contribution in [0.1, 0.15) is 23.2 Å². The molecule has 140 valence electrons. The summed E-state index contributed by atoms with van der Waals surface area (Å²) < 4.78 is 26.6. The number of carbonyl (C=O) groups is 3. The first-order valence-electron chi connectivity index (χ1n) is 7.37. The van der Waals surface area contributed by atoms with E-state index in [4.69, 9.17) is 11.6 Å². The zero-order chi connectivity index (χ0) is 19.6. The van der Waals surface area contributed by atoms with Gasteiger partial charge in [0.15, 0.2) is 17.3 Å². The predicted molar refractivity (Wildman–Crippen MR) is 89.5 cm³/mol. The van der Waals surface area contributed by atoms with Crippen molar-refractivity contribution in [3.8, 4) is 0 Å². The molecule has 2 rings (SSSR count). The molecule has 0 radical (unpaired) electrons. The first-order valence-corrected chi connectivity index (χ1v) is 9.57. The van der Waals surface area contributed by atoms with Crippen LogP contribution in [0.15, 0.2) is 18.2 Å². The van der Waals surface area contributed by atoms with Crippen molar-refractivity contribution < 1.29 is 31.9 Å². The van der Waals surface area contributed by atoms with Gasteiger partial charge in [0.05, 0.1) is 23.3 Å². The Balaban J connectivity index is 2.23. The Hall–Kier alpha value is -2.17. The highest BCUT2D eigenvalue weighted by Gasteiger charge is 2.42. The Kier molecular flexibility index (Phi) is 5.89. The standard InChI is InChI=1S/C15H14ClNO8S/c1-26(23,24)25-7-8-4-12(18)14(13(19)5-8)15(20)10-3-2-9(16)6-11(10)17(21)22/h2-3,6,8,14H,4-5,7H2,1H3. The Morgan fingerprint density at radius 2 is 1.88 bits per heavy atom. The molecule has 0 unspecified atom stereocenters. The molecular weight excluding hydrogens is 390 g/mol. The normalized spacial score (nSPS) is 20.8. The van der Waals surface area contributed by atoms with Crippen molar-refractivity contribution in [1.82, 2.24) is 0 Å². The minimum Gasteiger partial charge on any atom is -0.298 e. The van der Waals surface area contributed by atoms with Crippen LogP contribution in [0, 0.1) is 22.0 Å². The van der Waals surface area contributed by atoms with Gasteiger partial charge in [0.2, 0.25) is 0 Å². The van der Waals surface area contributed by atoms with Crippen LogP contribution < -0.4 is 0 Å². The number of nitrogens with zero attached hydrogens (tertiary/aromatic N) is 1. The summed E-state index contributed by atoms with van der Waals surface area (Å²) in [6, 6.07) is 3.32. The van der Waals surface area contributed by atoms with Gasteiger partial charge < -0.3 is 0 Å². The lowest BCUT2D eigenvalue weighted by molar-refractivity contribution is -0.385. The summed E-state index contributed by atoms with van der Waals surface area (Å²) in [6.07, 6.45) is 0.365. The van der Waals surface area contributed by atoms with E-state index < -0.39 is 49.9 Å². The first-order chi connectivity index (χ1) is 12.0. The Bertz CT molecular complexity index is 877. The number of nitro benzene ring substituents is 1. The molecule has 1 fully saturated rings. The lowest BCUT2D eigenvalue weighted by Crippen LogP contribution is -2.40. The van der Waals surface area contributed by atoms with E-state index in [2.05, 4.69) is 4.18 Å². The minimum atomic E-state index is -3.73. The Morgan fingerprint density at radius 1 is 1.31 bits per heavy atom. The van der Waals surface area contributed by atoms with E-state index in [0.29, 0.717) is 0 Å².